The summed E-state index contributed by atoms with van der Waals surface area (Å²) < 4.78 is 29.4. The molecule has 0 aliphatic rings. The molecule has 0 heterocycles. The lowest BCUT2D eigenvalue weighted by Crippen LogP contribution is -2.23. The Morgan fingerprint density at radius 2 is 1.83 bits per heavy atom. The van der Waals surface area contributed by atoms with Crippen molar-refractivity contribution < 1.29 is 17.9 Å². The van der Waals surface area contributed by atoms with E-state index in [1.165, 1.54) is 25.3 Å². The van der Waals surface area contributed by atoms with Crippen LogP contribution in [-0.4, -0.2) is 27.2 Å². The number of aryl methyl sites for hydroxylation is 1. The monoisotopic (exact) mass is 353 g/mol. The van der Waals surface area contributed by atoms with Crippen molar-refractivity contribution in [2.75, 3.05) is 18.2 Å². The number of sulfone groups is 1. The van der Waals surface area contributed by atoms with Crippen molar-refractivity contribution >= 4 is 33.0 Å². The molecule has 122 valence electrons. The molecule has 0 aromatic heterocycles. The summed E-state index contributed by atoms with van der Waals surface area (Å²) in [4.78, 5) is 12.1. The lowest BCUT2D eigenvalue weighted by Gasteiger charge is -2.09. The molecule has 5 nitrogen and oxygen atoms in total. The highest BCUT2D eigenvalue weighted by molar-refractivity contribution is 7.92. The normalized spacial score (nSPS) is 11.1. The zero-order chi connectivity index (χ0) is 17.0. The molecule has 1 N–H and O–H groups in total. The Morgan fingerprint density at radius 1 is 1.17 bits per heavy atom. The number of hydrogen-bond acceptors (Lipinski definition) is 4. The zero-order valence-corrected chi connectivity index (χ0v) is 14.2. The van der Waals surface area contributed by atoms with Gasteiger partial charge < -0.3 is 10.1 Å². The fourth-order valence-corrected chi connectivity index (χ4v) is 3.34. The van der Waals surface area contributed by atoms with Gasteiger partial charge in [-0.15, -0.1) is 0 Å². The van der Waals surface area contributed by atoms with Crippen molar-refractivity contribution in [3.63, 3.8) is 0 Å². The van der Waals surface area contributed by atoms with Gasteiger partial charge in [0, 0.05) is 5.69 Å². The van der Waals surface area contributed by atoms with Crippen LogP contribution in [0.15, 0.2) is 47.4 Å². The molecule has 0 atom stereocenters. The van der Waals surface area contributed by atoms with E-state index in [0.29, 0.717) is 16.5 Å². The Kier molecular flexibility index (Phi) is 5.28. The minimum Gasteiger partial charge on any atom is -0.495 e. The van der Waals surface area contributed by atoms with Gasteiger partial charge in [-0.3, -0.25) is 4.79 Å². The third-order valence-electron chi connectivity index (χ3n) is 3.14. The summed E-state index contributed by atoms with van der Waals surface area (Å²) in [5.74, 6) is -0.802. The fraction of sp³-hybridized carbons (Fsp3) is 0.188. The third-order valence-corrected chi connectivity index (χ3v) is 5.06. The van der Waals surface area contributed by atoms with Gasteiger partial charge in [-0.25, -0.2) is 8.42 Å². The summed E-state index contributed by atoms with van der Waals surface area (Å²) >= 11 is 5.96. The molecule has 2 aromatic carbocycles. The van der Waals surface area contributed by atoms with E-state index in [1.807, 2.05) is 6.92 Å². The second-order valence-electron chi connectivity index (χ2n) is 4.97. The molecular formula is C16H16ClNO4S. The highest BCUT2D eigenvalue weighted by atomic mass is 35.5. The Morgan fingerprint density at radius 3 is 2.39 bits per heavy atom. The van der Waals surface area contributed by atoms with E-state index < -0.39 is 21.5 Å². The first kappa shape index (κ1) is 17.3. The molecule has 0 fully saturated rings. The van der Waals surface area contributed by atoms with Crippen LogP contribution in [0.4, 0.5) is 5.69 Å². The molecule has 23 heavy (non-hydrogen) atoms. The maximum absolute atomic E-state index is 12.2. The summed E-state index contributed by atoms with van der Waals surface area (Å²) in [7, 11) is -2.21. The Bertz CT molecular complexity index is 816. The van der Waals surface area contributed by atoms with Crippen molar-refractivity contribution in [3.8, 4) is 5.75 Å². The topological polar surface area (TPSA) is 72.5 Å². The zero-order valence-electron chi connectivity index (χ0n) is 12.7. The van der Waals surface area contributed by atoms with Crippen LogP contribution in [-0.2, 0) is 14.6 Å². The van der Waals surface area contributed by atoms with Gasteiger partial charge in [-0.2, -0.15) is 0 Å². The maximum Gasteiger partial charge on any atom is 0.239 e. The minimum absolute atomic E-state index is 0.117. The average molecular weight is 354 g/mol. The molecule has 2 rings (SSSR count). The van der Waals surface area contributed by atoms with Crippen molar-refractivity contribution in [2.45, 2.75) is 11.8 Å². The number of methoxy groups -OCH3 is 1. The van der Waals surface area contributed by atoms with E-state index in [0.717, 1.165) is 5.56 Å². The largest absolute Gasteiger partial charge is 0.495 e. The van der Waals surface area contributed by atoms with E-state index in [1.54, 1.807) is 24.3 Å². The number of anilines is 1. The van der Waals surface area contributed by atoms with Crippen LogP contribution < -0.4 is 10.1 Å². The molecule has 0 radical (unpaired) electrons. The smallest absolute Gasteiger partial charge is 0.239 e. The molecule has 1 amide bonds. The Labute approximate surface area is 140 Å². The molecule has 0 saturated heterocycles. The van der Waals surface area contributed by atoms with Crippen molar-refractivity contribution in [1.82, 2.24) is 0 Å². The molecule has 0 unspecified atom stereocenters. The molecule has 2 aromatic rings. The van der Waals surface area contributed by atoms with Gasteiger partial charge in [0.1, 0.15) is 11.5 Å². The second kappa shape index (κ2) is 7.02. The van der Waals surface area contributed by atoms with Gasteiger partial charge in [0.25, 0.3) is 0 Å². The van der Waals surface area contributed by atoms with Crippen LogP contribution in [0.5, 0.6) is 5.75 Å². The first-order chi connectivity index (χ1) is 10.8. The van der Waals surface area contributed by atoms with Crippen LogP contribution in [0.3, 0.4) is 0 Å². The van der Waals surface area contributed by atoms with E-state index in [4.69, 9.17) is 16.3 Å². The van der Waals surface area contributed by atoms with Gasteiger partial charge in [0.15, 0.2) is 9.84 Å². The number of carbonyl (C=O) groups excluding carboxylic acids is 1. The number of amides is 1. The maximum atomic E-state index is 12.2. The van der Waals surface area contributed by atoms with Crippen LogP contribution >= 0.6 is 11.6 Å². The number of rotatable bonds is 5. The van der Waals surface area contributed by atoms with Crippen LogP contribution in [0.1, 0.15) is 5.56 Å². The lowest BCUT2D eigenvalue weighted by molar-refractivity contribution is -0.113. The molecule has 0 spiro atoms. The van der Waals surface area contributed by atoms with Gasteiger partial charge in [-0.1, -0.05) is 29.3 Å². The number of carbonyl (C=O) groups is 1. The SMILES string of the molecule is COc1ccc(NC(=O)CS(=O)(=O)c2ccc(C)cc2)cc1Cl. The van der Waals surface area contributed by atoms with Gasteiger partial charge in [0.05, 0.1) is 17.0 Å². The van der Waals surface area contributed by atoms with E-state index in [9.17, 15) is 13.2 Å². The molecule has 0 aliphatic heterocycles. The fourth-order valence-electron chi connectivity index (χ4n) is 1.94. The predicted octanol–water partition coefficient (Wildman–Crippen LogP) is 3.07. The predicted molar refractivity (Wildman–Crippen MR) is 89.9 cm³/mol. The Hall–Kier alpha value is -2.05. The standard InChI is InChI=1S/C16H16ClNO4S/c1-11-3-6-13(7-4-11)23(20,21)10-16(19)18-12-5-8-15(22-2)14(17)9-12/h3-9H,10H2,1-2H3,(H,18,19). The summed E-state index contributed by atoms with van der Waals surface area (Å²) in [6.45, 7) is 1.86. The van der Waals surface area contributed by atoms with E-state index in [2.05, 4.69) is 5.32 Å². The van der Waals surface area contributed by atoms with Crippen molar-refractivity contribution in [2.24, 2.45) is 0 Å². The Balaban J connectivity index is 2.09. The third kappa shape index (κ3) is 4.46. The molecule has 7 heteroatoms. The van der Waals surface area contributed by atoms with Crippen LogP contribution in [0, 0.1) is 6.92 Å². The highest BCUT2D eigenvalue weighted by Gasteiger charge is 2.19. The summed E-state index contributed by atoms with van der Waals surface area (Å²) in [6.07, 6.45) is 0. The summed E-state index contributed by atoms with van der Waals surface area (Å²) in [5.41, 5.74) is 1.35. The minimum atomic E-state index is -3.69. The van der Waals surface area contributed by atoms with Crippen LogP contribution in [0.2, 0.25) is 5.02 Å². The van der Waals surface area contributed by atoms with Crippen molar-refractivity contribution in [3.05, 3.63) is 53.1 Å². The first-order valence-electron chi connectivity index (χ1n) is 6.74. The molecule has 0 saturated carbocycles. The lowest BCUT2D eigenvalue weighted by atomic mass is 10.2. The van der Waals surface area contributed by atoms with Crippen molar-refractivity contribution in [1.29, 1.82) is 0 Å². The molecule has 0 aliphatic carbocycles. The van der Waals surface area contributed by atoms with E-state index in [-0.39, 0.29) is 4.90 Å². The van der Waals surface area contributed by atoms with Gasteiger partial charge in [0.2, 0.25) is 5.91 Å². The summed E-state index contributed by atoms with van der Waals surface area (Å²) in [5, 5.41) is 2.84. The second-order valence-corrected chi connectivity index (χ2v) is 7.37. The number of benzene rings is 2. The number of halogens is 1. The quantitative estimate of drug-likeness (QED) is 0.896. The average Bonchev–Trinajstić information content (AvgIpc) is 2.47. The van der Waals surface area contributed by atoms with Gasteiger partial charge >= 0.3 is 0 Å². The number of hydrogen-bond donors (Lipinski definition) is 1. The molecular weight excluding hydrogens is 338 g/mol. The highest BCUT2D eigenvalue weighted by Crippen LogP contribution is 2.27. The summed E-state index contributed by atoms with van der Waals surface area (Å²) in [6, 6.07) is 11.0. The van der Waals surface area contributed by atoms with Crippen LogP contribution in [0.25, 0.3) is 0 Å². The van der Waals surface area contributed by atoms with Gasteiger partial charge in [-0.05, 0) is 37.3 Å². The number of nitrogens with one attached hydrogen (secondary N) is 1. The molecule has 0 bridgehead atoms. The van der Waals surface area contributed by atoms with E-state index >= 15 is 0 Å². The number of ether oxygens (including phenoxy) is 1. The first-order valence-corrected chi connectivity index (χ1v) is 8.77.